The van der Waals surface area contributed by atoms with Crippen LogP contribution in [-0.2, 0) is 0 Å². The van der Waals surface area contributed by atoms with Crippen LogP contribution in [-0.4, -0.2) is 15.7 Å². The second kappa shape index (κ2) is 5.45. The Morgan fingerprint density at radius 3 is 2.62 bits per heavy atom. The van der Waals surface area contributed by atoms with Crippen LogP contribution >= 0.6 is 27.7 Å². The molecule has 0 heterocycles. The van der Waals surface area contributed by atoms with Gasteiger partial charge in [0.25, 0.3) is 0 Å². The smallest absolute Gasteiger partial charge is 0.219 e. The molecule has 0 fully saturated rings. The molecule has 0 saturated heterocycles. The average Bonchev–Trinajstić information content (AvgIpc) is 2.19. The third kappa shape index (κ3) is 3.53. The number of carbonyl (C=O) groups is 1. The first-order chi connectivity index (χ1) is 6.24. The normalized spacial score (nSPS) is 12.5. The van der Waals surface area contributed by atoms with Gasteiger partial charge in [-0.15, -0.1) is 0 Å². The van der Waals surface area contributed by atoms with Crippen LogP contribution in [0, 0.1) is 0 Å². The van der Waals surface area contributed by atoms with E-state index in [1.54, 1.807) is 0 Å². The molecule has 1 nitrogen and oxygen atoms in total. The van der Waals surface area contributed by atoms with E-state index < -0.39 is 0 Å². The molecule has 13 heavy (non-hydrogen) atoms. The van der Waals surface area contributed by atoms with Crippen molar-refractivity contribution in [2.45, 2.75) is 12.2 Å². The van der Waals surface area contributed by atoms with Gasteiger partial charge in [-0.1, -0.05) is 64.9 Å². The van der Waals surface area contributed by atoms with E-state index in [-0.39, 0.29) is 5.12 Å². The topological polar surface area (TPSA) is 17.1 Å². The van der Waals surface area contributed by atoms with Gasteiger partial charge in [0.15, 0.2) is 0 Å². The Kier molecular flexibility index (Phi) is 4.53. The van der Waals surface area contributed by atoms with Gasteiger partial charge in [0.05, 0.1) is 0 Å². The summed E-state index contributed by atoms with van der Waals surface area (Å²) in [5.41, 5.74) is 0.778. The Balaban J connectivity index is 2.59. The Morgan fingerprint density at radius 1 is 1.46 bits per heavy atom. The molecule has 0 bridgehead atoms. The van der Waals surface area contributed by atoms with Crippen LogP contribution in [0.4, 0.5) is 0 Å². The van der Waals surface area contributed by atoms with Gasteiger partial charge in [0, 0.05) is 16.1 Å². The van der Waals surface area contributed by atoms with Crippen molar-refractivity contribution in [2.24, 2.45) is 0 Å². The first kappa shape index (κ1) is 10.8. The maximum Gasteiger partial charge on any atom is 0.219 e. The van der Waals surface area contributed by atoms with Crippen molar-refractivity contribution >= 4 is 32.8 Å². The van der Waals surface area contributed by atoms with Crippen molar-refractivity contribution in [3.63, 3.8) is 0 Å². The predicted octanol–water partition coefficient (Wildman–Crippen LogP) is 3.34. The first-order valence-electron chi connectivity index (χ1n) is 4.06. The number of hydrogen-bond donors (Lipinski definition) is 0. The molecule has 0 aliphatic carbocycles. The standard InChI is InChI=1S/C10H11BrOS/c1-8(7-11)13-10(12)9-5-3-2-4-6-9/h2-6,8H,7H2,1H3. The van der Waals surface area contributed by atoms with Crippen molar-refractivity contribution < 1.29 is 4.79 Å². The van der Waals surface area contributed by atoms with E-state index in [4.69, 9.17) is 0 Å². The van der Waals surface area contributed by atoms with Crippen LogP contribution in [0.1, 0.15) is 17.3 Å². The lowest BCUT2D eigenvalue weighted by atomic mass is 10.2. The van der Waals surface area contributed by atoms with Crippen molar-refractivity contribution in [2.75, 3.05) is 5.33 Å². The quantitative estimate of drug-likeness (QED) is 0.774. The molecular weight excluding hydrogens is 248 g/mol. The highest BCUT2D eigenvalue weighted by atomic mass is 79.9. The van der Waals surface area contributed by atoms with Crippen molar-refractivity contribution in [3.8, 4) is 0 Å². The molecule has 0 aliphatic rings. The Hall–Kier alpha value is -0.280. The Labute approximate surface area is 91.0 Å². The van der Waals surface area contributed by atoms with Crippen molar-refractivity contribution in [3.05, 3.63) is 35.9 Å². The summed E-state index contributed by atoms with van der Waals surface area (Å²) in [7, 11) is 0. The van der Waals surface area contributed by atoms with Crippen LogP contribution in [0.25, 0.3) is 0 Å². The highest BCUT2D eigenvalue weighted by molar-refractivity contribution is 9.09. The van der Waals surface area contributed by atoms with Gasteiger partial charge < -0.3 is 0 Å². The molecule has 0 spiro atoms. The molecular formula is C10H11BrOS. The van der Waals surface area contributed by atoms with E-state index in [1.807, 2.05) is 37.3 Å². The second-order valence-electron chi connectivity index (χ2n) is 2.74. The molecule has 0 N–H and O–H groups in total. The summed E-state index contributed by atoms with van der Waals surface area (Å²) in [6.45, 7) is 2.03. The maximum atomic E-state index is 11.6. The van der Waals surface area contributed by atoms with Gasteiger partial charge in [0.1, 0.15) is 0 Å². The van der Waals surface area contributed by atoms with Gasteiger partial charge in [-0.3, -0.25) is 4.79 Å². The van der Waals surface area contributed by atoms with E-state index in [0.29, 0.717) is 5.25 Å². The van der Waals surface area contributed by atoms with Gasteiger partial charge in [-0.25, -0.2) is 0 Å². The lowest BCUT2D eigenvalue weighted by Crippen LogP contribution is -2.03. The van der Waals surface area contributed by atoms with Crippen LogP contribution < -0.4 is 0 Å². The largest absolute Gasteiger partial charge is 0.282 e. The molecule has 1 aromatic rings. The first-order valence-corrected chi connectivity index (χ1v) is 6.06. The molecule has 70 valence electrons. The molecule has 1 unspecified atom stereocenters. The lowest BCUT2D eigenvalue weighted by molar-refractivity contribution is 0.108. The zero-order valence-electron chi connectivity index (χ0n) is 7.37. The number of thioether (sulfide) groups is 1. The zero-order valence-corrected chi connectivity index (χ0v) is 9.77. The van der Waals surface area contributed by atoms with E-state index in [0.717, 1.165) is 10.9 Å². The van der Waals surface area contributed by atoms with E-state index in [9.17, 15) is 4.79 Å². The fourth-order valence-electron chi connectivity index (χ4n) is 0.856. The molecule has 0 aliphatic heterocycles. The number of rotatable bonds is 3. The second-order valence-corrected chi connectivity index (χ2v) is 4.79. The van der Waals surface area contributed by atoms with E-state index >= 15 is 0 Å². The zero-order chi connectivity index (χ0) is 9.68. The maximum absolute atomic E-state index is 11.6. The third-order valence-electron chi connectivity index (χ3n) is 1.54. The molecule has 0 radical (unpaired) electrons. The van der Waals surface area contributed by atoms with Crippen LogP contribution in [0.2, 0.25) is 0 Å². The number of halogens is 1. The Morgan fingerprint density at radius 2 is 2.08 bits per heavy atom. The average molecular weight is 259 g/mol. The highest BCUT2D eigenvalue weighted by Crippen LogP contribution is 2.18. The summed E-state index contributed by atoms with van der Waals surface area (Å²) < 4.78 is 0. The molecule has 3 heteroatoms. The summed E-state index contributed by atoms with van der Waals surface area (Å²) in [5.74, 6) is 0. The van der Waals surface area contributed by atoms with Crippen LogP contribution in [0.5, 0.6) is 0 Å². The van der Waals surface area contributed by atoms with Crippen LogP contribution in [0.3, 0.4) is 0 Å². The minimum Gasteiger partial charge on any atom is -0.282 e. The van der Waals surface area contributed by atoms with Gasteiger partial charge in [0.2, 0.25) is 5.12 Å². The van der Waals surface area contributed by atoms with Gasteiger partial charge in [-0.2, -0.15) is 0 Å². The van der Waals surface area contributed by atoms with Crippen molar-refractivity contribution in [1.82, 2.24) is 0 Å². The SMILES string of the molecule is CC(CBr)SC(=O)c1ccccc1. The molecule has 0 amide bonds. The Bertz CT molecular complexity index is 274. The molecule has 1 aromatic carbocycles. The van der Waals surface area contributed by atoms with Gasteiger partial charge >= 0.3 is 0 Å². The summed E-state index contributed by atoms with van der Waals surface area (Å²) in [6.07, 6.45) is 0. The fourth-order valence-corrected chi connectivity index (χ4v) is 1.95. The summed E-state index contributed by atoms with van der Waals surface area (Å²) in [5, 5.41) is 1.32. The molecule has 1 rings (SSSR count). The minimum atomic E-state index is 0.146. The highest BCUT2D eigenvalue weighted by Gasteiger charge is 2.09. The summed E-state index contributed by atoms with van der Waals surface area (Å²) >= 11 is 4.71. The summed E-state index contributed by atoms with van der Waals surface area (Å²) in [6, 6.07) is 9.36. The third-order valence-corrected chi connectivity index (χ3v) is 3.95. The van der Waals surface area contributed by atoms with Crippen molar-refractivity contribution in [1.29, 1.82) is 0 Å². The monoisotopic (exact) mass is 258 g/mol. The predicted molar refractivity (Wildman–Crippen MR) is 61.6 cm³/mol. The van der Waals surface area contributed by atoms with E-state index in [1.165, 1.54) is 11.8 Å². The number of hydrogen-bond acceptors (Lipinski definition) is 2. The van der Waals surface area contributed by atoms with Crippen LogP contribution in [0.15, 0.2) is 30.3 Å². The molecule has 0 saturated carbocycles. The van der Waals surface area contributed by atoms with E-state index in [2.05, 4.69) is 15.9 Å². The number of carbonyl (C=O) groups excluding carboxylic acids is 1. The number of alkyl halides is 1. The van der Waals surface area contributed by atoms with Gasteiger partial charge in [-0.05, 0) is 0 Å². The molecule has 1 atom stereocenters. The minimum absolute atomic E-state index is 0.146. The summed E-state index contributed by atoms with van der Waals surface area (Å²) in [4.78, 5) is 11.6. The number of benzene rings is 1. The molecule has 0 aromatic heterocycles. The lowest BCUT2D eigenvalue weighted by Gasteiger charge is -2.05. The fraction of sp³-hybridized carbons (Fsp3) is 0.300.